The van der Waals surface area contributed by atoms with E-state index in [0.717, 1.165) is 31.6 Å². The minimum absolute atomic E-state index is 0. The number of rotatable bonds is 7. The predicted molar refractivity (Wildman–Crippen MR) is 114 cm³/mol. The van der Waals surface area contributed by atoms with E-state index in [1.807, 2.05) is 0 Å². The molecule has 0 bridgehead atoms. The Bertz CT molecular complexity index is 897. The van der Waals surface area contributed by atoms with Crippen LogP contribution in [0.25, 0.3) is 0 Å². The van der Waals surface area contributed by atoms with Crippen LogP contribution in [0.1, 0.15) is 18.4 Å². The van der Waals surface area contributed by atoms with Crippen LogP contribution in [-0.2, 0) is 16.3 Å². The Morgan fingerprint density at radius 1 is 1.00 bits per heavy atom. The lowest BCUT2D eigenvalue weighted by Gasteiger charge is -2.31. The summed E-state index contributed by atoms with van der Waals surface area (Å²) in [5.41, 5.74) is 1.08. The number of ether oxygens (including phenoxy) is 2. The average molecular weight is 444 g/mol. The van der Waals surface area contributed by atoms with Gasteiger partial charge in [0.25, 0.3) is 0 Å². The van der Waals surface area contributed by atoms with Gasteiger partial charge in [-0.15, -0.1) is 12.4 Å². The van der Waals surface area contributed by atoms with Crippen LogP contribution in [0.3, 0.4) is 0 Å². The number of likely N-dealkylation sites (tertiary alicyclic amines) is 1. The highest BCUT2D eigenvalue weighted by atomic mass is 35.5. The Balaban J connectivity index is 0.00000300. The van der Waals surface area contributed by atoms with Gasteiger partial charge in [0.15, 0.2) is 21.3 Å². The van der Waals surface area contributed by atoms with Crippen molar-refractivity contribution in [2.45, 2.75) is 29.4 Å². The fourth-order valence-electron chi connectivity index (χ4n) is 3.57. The van der Waals surface area contributed by atoms with E-state index in [-0.39, 0.29) is 23.1 Å². The number of halogens is 2. The maximum atomic E-state index is 13.0. The van der Waals surface area contributed by atoms with Crippen molar-refractivity contribution in [1.82, 2.24) is 4.90 Å². The van der Waals surface area contributed by atoms with Gasteiger partial charge in [-0.05, 0) is 62.2 Å². The molecule has 0 aromatic heterocycles. The fourth-order valence-corrected chi connectivity index (χ4v) is 5.31. The molecule has 2 aromatic carbocycles. The molecule has 1 fully saturated rings. The van der Waals surface area contributed by atoms with Gasteiger partial charge >= 0.3 is 0 Å². The van der Waals surface area contributed by atoms with Gasteiger partial charge in [0.2, 0.25) is 0 Å². The lowest BCUT2D eigenvalue weighted by Crippen LogP contribution is -2.40. The Hall–Kier alpha value is -1.83. The molecule has 1 aliphatic heterocycles. The second kappa shape index (κ2) is 10.3. The summed E-state index contributed by atoms with van der Waals surface area (Å²) >= 11 is 0. The molecule has 1 saturated heterocycles. The highest BCUT2D eigenvalue weighted by Gasteiger charge is 2.31. The van der Waals surface area contributed by atoms with Crippen LogP contribution >= 0.6 is 12.4 Å². The average Bonchev–Trinajstić information content (AvgIpc) is 2.73. The summed E-state index contributed by atoms with van der Waals surface area (Å²) in [5.74, 6) is 0.697. The number of hydrogen-bond acceptors (Lipinski definition) is 5. The first kappa shape index (κ1) is 23.4. The van der Waals surface area contributed by atoms with E-state index in [2.05, 4.69) is 4.90 Å². The number of methoxy groups -OCH3 is 2. The first-order valence-electron chi connectivity index (χ1n) is 9.37. The van der Waals surface area contributed by atoms with Gasteiger partial charge in [0.05, 0.1) is 24.4 Å². The van der Waals surface area contributed by atoms with Crippen molar-refractivity contribution in [2.75, 3.05) is 33.9 Å². The van der Waals surface area contributed by atoms with Crippen LogP contribution in [0.4, 0.5) is 4.39 Å². The third-order valence-electron chi connectivity index (χ3n) is 5.29. The van der Waals surface area contributed by atoms with Crippen molar-refractivity contribution in [3.8, 4) is 11.5 Å². The molecule has 0 spiro atoms. The van der Waals surface area contributed by atoms with Crippen molar-refractivity contribution < 1.29 is 22.3 Å². The second-order valence-corrected chi connectivity index (χ2v) is 9.21. The molecule has 0 N–H and O–H groups in total. The van der Waals surface area contributed by atoms with Crippen LogP contribution in [0.15, 0.2) is 47.4 Å². The van der Waals surface area contributed by atoms with E-state index in [9.17, 15) is 12.8 Å². The number of sulfone groups is 1. The van der Waals surface area contributed by atoms with Crippen LogP contribution in [-0.4, -0.2) is 52.4 Å². The smallest absolute Gasteiger partial charge is 0.181 e. The summed E-state index contributed by atoms with van der Waals surface area (Å²) in [6.07, 6.45) is 2.02. The summed E-state index contributed by atoms with van der Waals surface area (Å²) < 4.78 is 49.5. The van der Waals surface area contributed by atoms with Gasteiger partial charge in [0, 0.05) is 12.6 Å². The number of nitrogens with zero attached hydrogens (tertiary/aromatic N) is 1. The van der Waals surface area contributed by atoms with Crippen molar-refractivity contribution >= 4 is 22.2 Å². The molecule has 8 heteroatoms. The summed E-state index contributed by atoms with van der Waals surface area (Å²) in [4.78, 5) is 2.54. The Morgan fingerprint density at radius 2 is 1.62 bits per heavy atom. The van der Waals surface area contributed by atoms with Gasteiger partial charge in [-0.1, -0.05) is 12.1 Å². The van der Waals surface area contributed by atoms with Crippen LogP contribution in [0, 0.1) is 5.82 Å². The third kappa shape index (κ3) is 5.62. The van der Waals surface area contributed by atoms with Gasteiger partial charge in [-0.25, -0.2) is 12.8 Å². The van der Waals surface area contributed by atoms with E-state index in [1.54, 1.807) is 24.3 Å². The topological polar surface area (TPSA) is 55.8 Å². The van der Waals surface area contributed by atoms with E-state index in [1.165, 1.54) is 32.4 Å². The third-order valence-corrected chi connectivity index (χ3v) is 7.55. The SMILES string of the molecule is COc1ccc(S(=O)(=O)C2CCN(CCc3ccc(F)cc3)CC2)cc1OC.Cl. The molecular formula is C21H27ClFNO4S. The summed E-state index contributed by atoms with van der Waals surface area (Å²) in [7, 11) is -0.403. The molecule has 160 valence electrons. The number of piperidine rings is 1. The Kier molecular flexibility index (Phi) is 8.31. The molecule has 0 saturated carbocycles. The Labute approximate surface area is 178 Å². The molecule has 0 atom stereocenters. The molecule has 0 unspecified atom stereocenters. The van der Waals surface area contributed by atoms with E-state index in [4.69, 9.17) is 9.47 Å². The summed E-state index contributed by atoms with van der Waals surface area (Å²) in [6.45, 7) is 2.31. The number of hydrogen-bond donors (Lipinski definition) is 0. The highest BCUT2D eigenvalue weighted by Crippen LogP contribution is 2.32. The monoisotopic (exact) mass is 443 g/mol. The maximum Gasteiger partial charge on any atom is 0.181 e. The largest absolute Gasteiger partial charge is 0.493 e. The van der Waals surface area contributed by atoms with Gasteiger partial charge < -0.3 is 14.4 Å². The van der Waals surface area contributed by atoms with Crippen LogP contribution in [0.2, 0.25) is 0 Å². The van der Waals surface area contributed by atoms with Crippen LogP contribution < -0.4 is 9.47 Å². The van der Waals surface area contributed by atoms with Crippen molar-refractivity contribution in [3.63, 3.8) is 0 Å². The molecule has 1 aliphatic rings. The molecule has 2 aromatic rings. The predicted octanol–water partition coefficient (Wildman–Crippen LogP) is 3.75. The molecule has 1 heterocycles. The zero-order chi connectivity index (χ0) is 20.1. The normalized spacial score (nSPS) is 15.6. The minimum atomic E-state index is -3.42. The molecule has 29 heavy (non-hydrogen) atoms. The lowest BCUT2D eigenvalue weighted by molar-refractivity contribution is 0.232. The first-order chi connectivity index (χ1) is 13.4. The lowest BCUT2D eigenvalue weighted by atomic mass is 10.1. The Morgan fingerprint density at radius 3 is 2.21 bits per heavy atom. The molecule has 0 aliphatic carbocycles. The number of benzene rings is 2. The minimum Gasteiger partial charge on any atom is -0.493 e. The van der Waals surface area contributed by atoms with Crippen molar-refractivity contribution in [2.24, 2.45) is 0 Å². The molecule has 0 radical (unpaired) electrons. The fraction of sp³-hybridized carbons (Fsp3) is 0.429. The quantitative estimate of drug-likeness (QED) is 0.652. The van der Waals surface area contributed by atoms with E-state index >= 15 is 0 Å². The molecular weight excluding hydrogens is 417 g/mol. The zero-order valence-electron chi connectivity index (χ0n) is 16.6. The van der Waals surface area contributed by atoms with Crippen LogP contribution in [0.5, 0.6) is 11.5 Å². The van der Waals surface area contributed by atoms with Gasteiger partial charge in [-0.2, -0.15) is 0 Å². The van der Waals surface area contributed by atoms with E-state index < -0.39 is 15.1 Å². The second-order valence-electron chi connectivity index (χ2n) is 6.98. The molecule has 3 rings (SSSR count). The summed E-state index contributed by atoms with van der Waals surface area (Å²) in [5, 5.41) is -0.396. The van der Waals surface area contributed by atoms with Gasteiger partial charge in [0.1, 0.15) is 5.82 Å². The molecule has 5 nitrogen and oxygen atoms in total. The van der Waals surface area contributed by atoms with Crippen molar-refractivity contribution in [3.05, 3.63) is 53.8 Å². The molecule has 0 amide bonds. The summed E-state index contributed by atoms with van der Waals surface area (Å²) in [6, 6.07) is 11.3. The highest BCUT2D eigenvalue weighted by molar-refractivity contribution is 7.92. The first-order valence-corrected chi connectivity index (χ1v) is 10.9. The standard InChI is InChI=1S/C21H26FNO4S.ClH/c1-26-20-8-7-19(15-21(20)27-2)28(24,25)18-10-13-23(14-11-18)12-9-16-3-5-17(22)6-4-16;/h3-8,15,18H,9-14H2,1-2H3;1H. The van der Waals surface area contributed by atoms with Crippen molar-refractivity contribution in [1.29, 1.82) is 0 Å². The van der Waals surface area contributed by atoms with E-state index in [0.29, 0.717) is 24.3 Å². The zero-order valence-corrected chi connectivity index (χ0v) is 18.3. The maximum absolute atomic E-state index is 13.0. The van der Waals surface area contributed by atoms with Gasteiger partial charge in [-0.3, -0.25) is 0 Å².